The lowest BCUT2D eigenvalue weighted by Gasteiger charge is -2.37. The molecule has 1 heterocycles. The molecule has 0 unspecified atom stereocenters. The third-order valence-corrected chi connectivity index (χ3v) is 5.30. The van der Waals surface area contributed by atoms with E-state index >= 15 is 0 Å². The first-order valence-electron chi connectivity index (χ1n) is 9.21. The number of hydrogen-bond acceptors (Lipinski definition) is 4. The maximum atomic E-state index is 12.6. The van der Waals surface area contributed by atoms with Gasteiger partial charge in [-0.25, -0.2) is 0 Å². The summed E-state index contributed by atoms with van der Waals surface area (Å²) in [7, 11) is 1.57. The minimum absolute atomic E-state index is 0.0206. The van der Waals surface area contributed by atoms with Crippen LogP contribution in [0.4, 0.5) is 5.69 Å². The van der Waals surface area contributed by atoms with E-state index in [4.69, 9.17) is 16.3 Å². The van der Waals surface area contributed by atoms with Crippen LogP contribution in [0.1, 0.15) is 12.5 Å². The summed E-state index contributed by atoms with van der Waals surface area (Å²) in [5.41, 5.74) is 2.01. The fourth-order valence-corrected chi connectivity index (χ4v) is 3.56. The number of ether oxygens (including phenoxy) is 1. The summed E-state index contributed by atoms with van der Waals surface area (Å²) < 4.78 is 5.14. The van der Waals surface area contributed by atoms with E-state index in [2.05, 4.69) is 39.4 Å². The lowest BCUT2D eigenvalue weighted by atomic mass is 10.1. The number of benzene rings is 2. The second kappa shape index (κ2) is 9.22. The lowest BCUT2D eigenvalue weighted by Crippen LogP contribution is -2.52. The van der Waals surface area contributed by atoms with Gasteiger partial charge in [0, 0.05) is 38.4 Å². The van der Waals surface area contributed by atoms with E-state index in [1.165, 1.54) is 5.56 Å². The van der Waals surface area contributed by atoms with Gasteiger partial charge in [0.05, 0.1) is 18.2 Å². The molecule has 1 saturated heterocycles. The summed E-state index contributed by atoms with van der Waals surface area (Å²) in [5.74, 6) is 0.574. The number of carbonyl (C=O) groups excluding carboxylic acids is 1. The summed E-state index contributed by atoms with van der Waals surface area (Å²) in [6, 6.07) is 15.6. The predicted molar refractivity (Wildman–Crippen MR) is 109 cm³/mol. The van der Waals surface area contributed by atoms with Crippen LogP contribution < -0.4 is 10.1 Å². The summed E-state index contributed by atoms with van der Waals surface area (Å²) >= 11 is 6.13. The number of halogens is 1. The van der Waals surface area contributed by atoms with Crippen LogP contribution in [0.3, 0.4) is 0 Å². The molecule has 1 fully saturated rings. The van der Waals surface area contributed by atoms with E-state index in [-0.39, 0.29) is 11.9 Å². The van der Waals surface area contributed by atoms with Crippen LogP contribution in [-0.4, -0.2) is 55.0 Å². The first-order chi connectivity index (χ1) is 13.1. The SMILES string of the molecule is COc1ccc(NC(=O)[C@@H](C)N2CCN(Cc3ccccc3)CC2)cc1Cl. The van der Waals surface area contributed by atoms with Gasteiger partial charge < -0.3 is 10.1 Å². The van der Waals surface area contributed by atoms with Crippen molar-refractivity contribution < 1.29 is 9.53 Å². The van der Waals surface area contributed by atoms with Crippen molar-refractivity contribution in [1.29, 1.82) is 0 Å². The molecule has 0 spiro atoms. The minimum atomic E-state index is -0.190. The molecule has 27 heavy (non-hydrogen) atoms. The average molecular weight is 388 g/mol. The Labute approximate surface area is 165 Å². The van der Waals surface area contributed by atoms with Gasteiger partial charge in [-0.2, -0.15) is 0 Å². The molecule has 3 rings (SSSR count). The predicted octanol–water partition coefficient (Wildman–Crippen LogP) is 3.49. The molecule has 0 aromatic heterocycles. The van der Waals surface area contributed by atoms with Gasteiger partial charge in [0.1, 0.15) is 5.75 Å². The molecule has 1 atom stereocenters. The lowest BCUT2D eigenvalue weighted by molar-refractivity contribution is -0.121. The third-order valence-electron chi connectivity index (χ3n) is 5.00. The second-order valence-electron chi connectivity index (χ2n) is 6.81. The van der Waals surface area contributed by atoms with Crippen LogP contribution in [-0.2, 0) is 11.3 Å². The number of carbonyl (C=O) groups is 1. The first kappa shape index (κ1) is 19.7. The maximum Gasteiger partial charge on any atom is 0.241 e. The van der Waals surface area contributed by atoms with Crippen molar-refractivity contribution in [3.63, 3.8) is 0 Å². The van der Waals surface area contributed by atoms with Gasteiger partial charge in [-0.15, -0.1) is 0 Å². The normalized spacial score (nSPS) is 16.7. The summed E-state index contributed by atoms with van der Waals surface area (Å²) in [5, 5.41) is 3.43. The monoisotopic (exact) mass is 387 g/mol. The van der Waals surface area contributed by atoms with Crippen molar-refractivity contribution in [1.82, 2.24) is 9.80 Å². The largest absolute Gasteiger partial charge is 0.495 e. The minimum Gasteiger partial charge on any atom is -0.495 e. The number of piperazine rings is 1. The van der Waals surface area contributed by atoms with Crippen molar-refractivity contribution >= 4 is 23.2 Å². The topological polar surface area (TPSA) is 44.8 Å². The average Bonchev–Trinajstić information content (AvgIpc) is 2.69. The Morgan fingerprint density at radius 2 is 1.85 bits per heavy atom. The summed E-state index contributed by atoms with van der Waals surface area (Å²) in [6.45, 7) is 6.59. The smallest absolute Gasteiger partial charge is 0.241 e. The Morgan fingerprint density at radius 1 is 1.15 bits per heavy atom. The molecule has 144 valence electrons. The summed E-state index contributed by atoms with van der Waals surface area (Å²) in [4.78, 5) is 17.3. The van der Waals surface area contributed by atoms with Crippen molar-refractivity contribution in [2.24, 2.45) is 0 Å². The van der Waals surface area contributed by atoms with Crippen LogP contribution in [0.25, 0.3) is 0 Å². The molecule has 0 radical (unpaired) electrons. The molecule has 0 saturated carbocycles. The first-order valence-corrected chi connectivity index (χ1v) is 9.59. The Balaban J connectivity index is 1.50. The van der Waals surface area contributed by atoms with E-state index in [0.29, 0.717) is 16.5 Å². The van der Waals surface area contributed by atoms with Crippen molar-refractivity contribution in [3.8, 4) is 5.75 Å². The maximum absolute atomic E-state index is 12.6. The van der Waals surface area contributed by atoms with E-state index in [1.54, 1.807) is 25.3 Å². The molecule has 2 aromatic carbocycles. The van der Waals surface area contributed by atoms with Crippen molar-refractivity contribution in [2.45, 2.75) is 19.5 Å². The van der Waals surface area contributed by atoms with Crippen molar-refractivity contribution in [3.05, 3.63) is 59.1 Å². The Bertz CT molecular complexity index is 761. The number of hydrogen-bond donors (Lipinski definition) is 1. The number of anilines is 1. The van der Waals surface area contributed by atoms with Crippen LogP contribution in [0.5, 0.6) is 5.75 Å². The number of nitrogens with one attached hydrogen (secondary N) is 1. The van der Waals surface area contributed by atoms with Crippen LogP contribution in [0.2, 0.25) is 5.02 Å². The van der Waals surface area contributed by atoms with Gasteiger partial charge in [-0.3, -0.25) is 14.6 Å². The molecule has 5 nitrogen and oxygen atoms in total. The quantitative estimate of drug-likeness (QED) is 0.824. The number of methoxy groups -OCH3 is 1. The fraction of sp³-hybridized carbons (Fsp3) is 0.381. The molecule has 1 N–H and O–H groups in total. The highest BCUT2D eigenvalue weighted by atomic mass is 35.5. The van der Waals surface area contributed by atoms with E-state index in [1.807, 2.05) is 13.0 Å². The Hall–Kier alpha value is -2.08. The Morgan fingerprint density at radius 3 is 2.48 bits per heavy atom. The van der Waals surface area contributed by atoms with Crippen LogP contribution in [0, 0.1) is 0 Å². The van der Waals surface area contributed by atoms with E-state index in [9.17, 15) is 4.79 Å². The Kier molecular flexibility index (Phi) is 6.72. The van der Waals surface area contributed by atoms with Gasteiger partial charge in [0.25, 0.3) is 0 Å². The molecular weight excluding hydrogens is 362 g/mol. The van der Waals surface area contributed by atoms with Gasteiger partial charge in [-0.05, 0) is 30.7 Å². The summed E-state index contributed by atoms with van der Waals surface area (Å²) in [6.07, 6.45) is 0. The number of amides is 1. The molecule has 0 bridgehead atoms. The zero-order valence-corrected chi connectivity index (χ0v) is 16.6. The van der Waals surface area contributed by atoms with E-state index < -0.39 is 0 Å². The highest BCUT2D eigenvalue weighted by Crippen LogP contribution is 2.27. The van der Waals surface area contributed by atoms with Crippen LogP contribution >= 0.6 is 11.6 Å². The van der Waals surface area contributed by atoms with Gasteiger partial charge >= 0.3 is 0 Å². The molecule has 1 aliphatic rings. The molecule has 1 amide bonds. The second-order valence-corrected chi connectivity index (χ2v) is 7.22. The molecule has 1 aliphatic heterocycles. The zero-order chi connectivity index (χ0) is 19.2. The molecule has 6 heteroatoms. The highest BCUT2D eigenvalue weighted by Gasteiger charge is 2.25. The highest BCUT2D eigenvalue weighted by molar-refractivity contribution is 6.32. The molecular formula is C21H26ClN3O2. The fourth-order valence-electron chi connectivity index (χ4n) is 3.31. The molecule has 2 aromatic rings. The number of nitrogens with zero attached hydrogens (tertiary/aromatic N) is 2. The molecule has 0 aliphatic carbocycles. The standard InChI is InChI=1S/C21H26ClN3O2/c1-16(21(26)23-18-8-9-20(27-2)19(22)14-18)25-12-10-24(11-13-25)15-17-6-4-3-5-7-17/h3-9,14,16H,10-13,15H2,1-2H3,(H,23,26)/t16-/m1/s1. The van der Waals surface area contributed by atoms with Crippen LogP contribution in [0.15, 0.2) is 48.5 Å². The van der Waals surface area contributed by atoms with E-state index in [0.717, 1.165) is 32.7 Å². The zero-order valence-electron chi connectivity index (χ0n) is 15.8. The third kappa shape index (κ3) is 5.22. The van der Waals surface area contributed by atoms with Gasteiger partial charge in [-0.1, -0.05) is 41.9 Å². The number of rotatable bonds is 6. The van der Waals surface area contributed by atoms with Gasteiger partial charge in [0.15, 0.2) is 0 Å². The van der Waals surface area contributed by atoms with Crippen molar-refractivity contribution in [2.75, 3.05) is 38.6 Å². The van der Waals surface area contributed by atoms with Gasteiger partial charge in [0.2, 0.25) is 5.91 Å².